The monoisotopic (exact) mass is 347 g/mol. The Morgan fingerprint density at radius 2 is 2.00 bits per heavy atom. The van der Waals surface area contributed by atoms with E-state index in [4.69, 9.17) is 5.73 Å². The van der Waals surface area contributed by atoms with E-state index in [1.807, 2.05) is 0 Å². The van der Waals surface area contributed by atoms with Crippen LogP contribution in [0.3, 0.4) is 0 Å². The minimum absolute atomic E-state index is 0.0692. The molecular weight excluding hydrogens is 328 g/mol. The Hall–Kier alpha value is -1.58. The number of halogens is 2. The van der Waals surface area contributed by atoms with E-state index in [9.17, 15) is 22.0 Å². The second-order valence-corrected chi connectivity index (χ2v) is 7.30. The zero-order valence-electron chi connectivity index (χ0n) is 12.4. The van der Waals surface area contributed by atoms with Crippen LogP contribution in [0.5, 0.6) is 0 Å². The van der Waals surface area contributed by atoms with Gasteiger partial charge in [-0.3, -0.25) is 4.79 Å². The van der Waals surface area contributed by atoms with Gasteiger partial charge in [-0.1, -0.05) is 0 Å². The predicted octanol–water partition coefficient (Wildman–Crippen LogP) is 0.487. The van der Waals surface area contributed by atoms with Crippen molar-refractivity contribution < 1.29 is 22.0 Å². The lowest BCUT2D eigenvalue weighted by atomic mass is 10.2. The quantitative estimate of drug-likeness (QED) is 0.637. The number of amides is 1. The van der Waals surface area contributed by atoms with Gasteiger partial charge in [0.15, 0.2) is 11.6 Å². The van der Waals surface area contributed by atoms with E-state index in [-0.39, 0.29) is 24.9 Å². The molecule has 0 bridgehead atoms. The maximum Gasteiger partial charge on any atom is 0.240 e. The molecular formula is C14H19F2N3O3S. The molecule has 0 aliphatic heterocycles. The molecule has 4 N–H and O–H groups in total. The zero-order valence-corrected chi connectivity index (χ0v) is 13.2. The van der Waals surface area contributed by atoms with Gasteiger partial charge >= 0.3 is 0 Å². The largest absolute Gasteiger partial charge is 0.354 e. The second kappa shape index (κ2) is 7.33. The highest BCUT2D eigenvalue weighted by atomic mass is 32.2. The van der Waals surface area contributed by atoms with Crippen molar-refractivity contribution >= 4 is 15.9 Å². The van der Waals surface area contributed by atoms with Crippen molar-refractivity contribution in [3.05, 3.63) is 29.8 Å². The van der Waals surface area contributed by atoms with Crippen molar-refractivity contribution in [2.45, 2.75) is 30.2 Å². The number of nitrogens with one attached hydrogen (secondary N) is 2. The van der Waals surface area contributed by atoms with E-state index < -0.39 is 26.6 Å². The summed E-state index contributed by atoms with van der Waals surface area (Å²) in [5, 5.41) is 2.64. The van der Waals surface area contributed by atoms with E-state index in [0.717, 1.165) is 25.0 Å². The second-order valence-electron chi connectivity index (χ2n) is 5.53. The predicted molar refractivity (Wildman–Crippen MR) is 79.9 cm³/mol. The molecule has 1 fully saturated rings. The van der Waals surface area contributed by atoms with Gasteiger partial charge in [0.1, 0.15) is 0 Å². The summed E-state index contributed by atoms with van der Waals surface area (Å²) in [6.07, 6.45) is 2.08. The zero-order chi connectivity index (χ0) is 17.0. The molecule has 128 valence electrons. The molecule has 1 saturated carbocycles. The molecule has 0 heterocycles. The molecule has 2 rings (SSSR count). The average molecular weight is 347 g/mol. The van der Waals surface area contributed by atoms with Gasteiger partial charge in [0.05, 0.1) is 4.90 Å². The summed E-state index contributed by atoms with van der Waals surface area (Å²) in [5.41, 5.74) is 5.84. The first-order chi connectivity index (χ1) is 10.8. The molecule has 6 nitrogen and oxygen atoms in total. The third-order valence-electron chi connectivity index (χ3n) is 3.61. The first-order valence-corrected chi connectivity index (χ1v) is 8.75. The summed E-state index contributed by atoms with van der Waals surface area (Å²) < 4.78 is 51.8. The summed E-state index contributed by atoms with van der Waals surface area (Å²) in [7, 11) is -3.99. The van der Waals surface area contributed by atoms with E-state index in [2.05, 4.69) is 10.0 Å². The fourth-order valence-electron chi connectivity index (χ4n) is 2.04. The van der Waals surface area contributed by atoms with Crippen LogP contribution in [-0.2, 0) is 14.8 Å². The van der Waals surface area contributed by atoms with Gasteiger partial charge in [0, 0.05) is 25.6 Å². The van der Waals surface area contributed by atoms with Gasteiger partial charge in [0.25, 0.3) is 0 Å². The van der Waals surface area contributed by atoms with Gasteiger partial charge < -0.3 is 11.1 Å². The number of hydrogen-bond acceptors (Lipinski definition) is 4. The third-order valence-corrected chi connectivity index (χ3v) is 5.07. The molecule has 1 atom stereocenters. The van der Waals surface area contributed by atoms with Crippen LogP contribution in [0.1, 0.15) is 19.3 Å². The lowest BCUT2D eigenvalue weighted by Crippen LogP contribution is -2.39. The molecule has 1 unspecified atom stereocenters. The fraction of sp³-hybridized carbons (Fsp3) is 0.500. The van der Waals surface area contributed by atoms with Crippen molar-refractivity contribution in [1.82, 2.24) is 10.0 Å². The highest BCUT2D eigenvalue weighted by Crippen LogP contribution is 2.31. The number of hydrogen-bond donors (Lipinski definition) is 3. The summed E-state index contributed by atoms with van der Waals surface area (Å²) in [6.45, 7) is 0.214. The van der Waals surface area contributed by atoms with Crippen LogP contribution in [0.25, 0.3) is 0 Å². The van der Waals surface area contributed by atoms with Gasteiger partial charge in [-0.2, -0.15) is 0 Å². The lowest BCUT2D eigenvalue weighted by molar-refractivity contribution is -0.121. The highest BCUT2D eigenvalue weighted by molar-refractivity contribution is 7.89. The average Bonchev–Trinajstić information content (AvgIpc) is 3.32. The lowest BCUT2D eigenvalue weighted by Gasteiger charge is -2.12. The smallest absolute Gasteiger partial charge is 0.240 e. The summed E-state index contributed by atoms with van der Waals surface area (Å²) >= 11 is 0. The van der Waals surface area contributed by atoms with Gasteiger partial charge in [-0.05, 0) is 37.0 Å². The third kappa shape index (κ3) is 5.22. The first-order valence-electron chi connectivity index (χ1n) is 7.26. The Kier molecular flexibility index (Phi) is 5.66. The Morgan fingerprint density at radius 1 is 1.30 bits per heavy atom. The summed E-state index contributed by atoms with van der Waals surface area (Å²) in [4.78, 5) is 11.2. The van der Waals surface area contributed by atoms with E-state index >= 15 is 0 Å². The van der Waals surface area contributed by atoms with Crippen LogP contribution < -0.4 is 15.8 Å². The Balaban J connectivity index is 1.77. The summed E-state index contributed by atoms with van der Waals surface area (Å²) in [6, 6.07) is 2.20. The molecule has 0 radical (unpaired) electrons. The first kappa shape index (κ1) is 17.8. The number of sulfonamides is 1. The molecule has 1 aliphatic rings. The van der Waals surface area contributed by atoms with Crippen LogP contribution in [-0.4, -0.2) is 33.5 Å². The Bertz CT molecular complexity index is 678. The van der Waals surface area contributed by atoms with Crippen LogP contribution >= 0.6 is 0 Å². The van der Waals surface area contributed by atoms with Crippen molar-refractivity contribution in [3.8, 4) is 0 Å². The minimum Gasteiger partial charge on any atom is -0.354 e. The maximum atomic E-state index is 13.1. The molecule has 23 heavy (non-hydrogen) atoms. The molecule has 1 aromatic rings. The van der Waals surface area contributed by atoms with Gasteiger partial charge in [-0.15, -0.1) is 0 Å². The maximum absolute atomic E-state index is 13.1. The molecule has 1 aromatic carbocycles. The van der Waals surface area contributed by atoms with Crippen molar-refractivity contribution in [2.24, 2.45) is 11.7 Å². The molecule has 0 spiro atoms. The summed E-state index contributed by atoms with van der Waals surface area (Å²) in [5.74, 6) is -2.24. The molecule has 9 heteroatoms. The molecule has 0 saturated heterocycles. The van der Waals surface area contributed by atoms with E-state index in [1.165, 1.54) is 0 Å². The number of carbonyl (C=O) groups excluding carboxylic acids is 1. The molecule has 1 aliphatic carbocycles. The van der Waals surface area contributed by atoms with E-state index in [0.29, 0.717) is 18.5 Å². The fourth-order valence-corrected chi connectivity index (χ4v) is 3.08. The van der Waals surface area contributed by atoms with Crippen LogP contribution in [0.4, 0.5) is 8.78 Å². The Labute approximate surface area is 133 Å². The van der Waals surface area contributed by atoms with Gasteiger partial charge in [0.2, 0.25) is 15.9 Å². The molecule has 1 amide bonds. The van der Waals surface area contributed by atoms with Crippen molar-refractivity contribution in [1.29, 1.82) is 0 Å². The highest BCUT2D eigenvalue weighted by Gasteiger charge is 2.28. The van der Waals surface area contributed by atoms with Crippen molar-refractivity contribution in [2.75, 3.05) is 13.1 Å². The number of carbonyl (C=O) groups is 1. The number of nitrogens with two attached hydrogens (primary N) is 1. The van der Waals surface area contributed by atoms with Crippen LogP contribution in [0, 0.1) is 17.6 Å². The minimum atomic E-state index is -3.99. The normalized spacial score (nSPS) is 16.1. The Morgan fingerprint density at radius 3 is 2.61 bits per heavy atom. The standard InChI is InChI=1S/C14H19F2N3O3S/c15-11-4-3-10(7-12(11)16)23(21,22)19-6-5-14(20)18-8-13(17)9-1-2-9/h3-4,7,9,13,19H,1-2,5-6,8,17H2,(H,18,20). The van der Waals surface area contributed by atoms with Crippen LogP contribution in [0.2, 0.25) is 0 Å². The molecule has 0 aromatic heterocycles. The van der Waals surface area contributed by atoms with E-state index in [1.54, 1.807) is 0 Å². The van der Waals surface area contributed by atoms with Crippen molar-refractivity contribution in [3.63, 3.8) is 0 Å². The van der Waals surface area contributed by atoms with Crippen LogP contribution in [0.15, 0.2) is 23.1 Å². The topological polar surface area (TPSA) is 101 Å². The number of rotatable bonds is 8. The SMILES string of the molecule is NC(CNC(=O)CCNS(=O)(=O)c1ccc(F)c(F)c1)C1CC1. The number of benzene rings is 1. The van der Waals surface area contributed by atoms with Gasteiger partial charge in [-0.25, -0.2) is 21.9 Å².